The van der Waals surface area contributed by atoms with Crippen molar-refractivity contribution < 1.29 is 9.47 Å². The second-order valence-corrected chi connectivity index (χ2v) is 13.1. The molecular formula is C21H27NO2SSi. The zero-order valence-corrected chi connectivity index (χ0v) is 17.7. The van der Waals surface area contributed by atoms with Gasteiger partial charge in [-0.1, -0.05) is 49.8 Å². The van der Waals surface area contributed by atoms with Gasteiger partial charge in [0.25, 0.3) is 0 Å². The summed E-state index contributed by atoms with van der Waals surface area (Å²) in [6.07, 6.45) is 0. The van der Waals surface area contributed by atoms with E-state index in [0.717, 1.165) is 44.2 Å². The number of morpholine rings is 1. The lowest BCUT2D eigenvalue weighted by Crippen LogP contribution is -2.35. The highest BCUT2D eigenvalue weighted by atomic mass is 32.1. The number of thiophene rings is 1. The molecule has 0 bridgehead atoms. The smallest absolute Gasteiger partial charge is 0.146 e. The molecule has 0 aliphatic carbocycles. The van der Waals surface area contributed by atoms with Crippen molar-refractivity contribution in [1.82, 2.24) is 4.90 Å². The zero-order valence-electron chi connectivity index (χ0n) is 15.9. The molecule has 0 saturated carbocycles. The van der Waals surface area contributed by atoms with Gasteiger partial charge in [0.05, 0.1) is 18.8 Å². The van der Waals surface area contributed by atoms with Gasteiger partial charge in [-0.25, -0.2) is 0 Å². The van der Waals surface area contributed by atoms with Crippen LogP contribution in [0.3, 0.4) is 0 Å². The van der Waals surface area contributed by atoms with Crippen LogP contribution in [0.4, 0.5) is 0 Å². The van der Waals surface area contributed by atoms with E-state index in [1.807, 2.05) is 5.38 Å². The van der Waals surface area contributed by atoms with E-state index >= 15 is 0 Å². The molecule has 2 aromatic rings. The topological polar surface area (TPSA) is 21.7 Å². The lowest BCUT2D eigenvalue weighted by molar-refractivity contribution is 0.0342. The average Bonchev–Trinajstić information content (AvgIpc) is 3.06. The average molecular weight is 386 g/mol. The van der Waals surface area contributed by atoms with Gasteiger partial charge in [0.15, 0.2) is 0 Å². The van der Waals surface area contributed by atoms with E-state index in [1.54, 1.807) is 11.3 Å². The summed E-state index contributed by atoms with van der Waals surface area (Å²) in [5, 5.41) is 4.13. The zero-order chi connectivity index (χ0) is 18.4. The fraction of sp³-hybridized carbons (Fsp3) is 0.429. The van der Waals surface area contributed by atoms with Gasteiger partial charge in [0.2, 0.25) is 0 Å². The van der Waals surface area contributed by atoms with Gasteiger partial charge in [-0.3, -0.25) is 4.90 Å². The van der Waals surface area contributed by atoms with Gasteiger partial charge in [0.1, 0.15) is 20.4 Å². The molecule has 0 unspecified atom stereocenters. The van der Waals surface area contributed by atoms with E-state index in [1.165, 1.54) is 11.1 Å². The van der Waals surface area contributed by atoms with E-state index in [-0.39, 0.29) is 0 Å². The molecule has 3 nitrogen and oxygen atoms in total. The summed E-state index contributed by atoms with van der Waals surface area (Å²) >= 11 is 1.65. The van der Waals surface area contributed by atoms with Crippen LogP contribution < -0.4 is 4.74 Å². The Bertz CT molecular complexity index is 779. The lowest BCUT2D eigenvalue weighted by Gasteiger charge is -2.26. The summed E-state index contributed by atoms with van der Waals surface area (Å²) in [5.74, 6) is 4.22. The third-order valence-corrected chi connectivity index (χ3v) is 5.69. The Morgan fingerprint density at radius 3 is 2.69 bits per heavy atom. The summed E-state index contributed by atoms with van der Waals surface area (Å²) in [4.78, 5) is 2.44. The SMILES string of the molecule is C[Si](C)(C)C#Cc1cscc1OCc1cccc(CN2CCOCC2)c1. The van der Waals surface area contributed by atoms with E-state index in [2.05, 4.69) is 65.7 Å². The van der Waals surface area contributed by atoms with Crippen LogP contribution in [0.1, 0.15) is 16.7 Å². The number of benzene rings is 1. The minimum atomic E-state index is -1.38. The molecule has 1 aromatic carbocycles. The minimum Gasteiger partial charge on any atom is -0.487 e. The largest absolute Gasteiger partial charge is 0.487 e. The van der Waals surface area contributed by atoms with Crippen molar-refractivity contribution in [3.63, 3.8) is 0 Å². The molecule has 1 aromatic heterocycles. The first-order valence-electron chi connectivity index (χ1n) is 9.10. The monoisotopic (exact) mass is 385 g/mol. The van der Waals surface area contributed by atoms with Crippen LogP contribution in [0.15, 0.2) is 35.0 Å². The van der Waals surface area contributed by atoms with Gasteiger partial charge in [-0.2, -0.15) is 0 Å². The third-order valence-electron chi connectivity index (χ3n) is 4.09. The highest BCUT2D eigenvalue weighted by Crippen LogP contribution is 2.24. The lowest BCUT2D eigenvalue weighted by atomic mass is 10.1. The number of hydrogen-bond donors (Lipinski definition) is 0. The van der Waals surface area contributed by atoms with Crippen LogP contribution in [0.25, 0.3) is 0 Å². The molecule has 1 fully saturated rings. The van der Waals surface area contributed by atoms with Crippen LogP contribution in [0.2, 0.25) is 19.6 Å². The third kappa shape index (κ3) is 5.99. The number of nitrogens with zero attached hydrogens (tertiary/aromatic N) is 1. The molecule has 3 rings (SSSR count). The van der Waals surface area contributed by atoms with Crippen molar-refractivity contribution in [3.05, 3.63) is 51.7 Å². The van der Waals surface area contributed by atoms with Crippen LogP contribution in [-0.2, 0) is 17.9 Å². The Balaban J connectivity index is 1.61. The first-order valence-corrected chi connectivity index (χ1v) is 13.5. The molecule has 1 saturated heterocycles. The summed E-state index contributed by atoms with van der Waals surface area (Å²) in [6.45, 7) is 12.0. The number of ether oxygens (including phenoxy) is 2. The van der Waals surface area contributed by atoms with Crippen LogP contribution in [0, 0.1) is 11.5 Å². The molecule has 1 aliphatic rings. The van der Waals surface area contributed by atoms with E-state index < -0.39 is 8.07 Å². The van der Waals surface area contributed by atoms with Gasteiger partial charge < -0.3 is 9.47 Å². The maximum atomic E-state index is 6.06. The normalized spacial score (nSPS) is 15.3. The van der Waals surface area contributed by atoms with Crippen molar-refractivity contribution in [2.75, 3.05) is 26.3 Å². The Hall–Kier alpha value is -1.58. The molecule has 5 heteroatoms. The molecule has 0 atom stereocenters. The molecule has 2 heterocycles. The maximum Gasteiger partial charge on any atom is 0.146 e. The quantitative estimate of drug-likeness (QED) is 0.563. The van der Waals surface area contributed by atoms with Crippen molar-refractivity contribution >= 4 is 19.4 Å². The molecule has 1 aliphatic heterocycles. The highest BCUT2D eigenvalue weighted by Gasteiger charge is 2.11. The Kier molecular flexibility index (Phi) is 6.55. The fourth-order valence-corrected chi connectivity index (χ4v) is 3.95. The predicted octanol–water partition coefficient (Wildman–Crippen LogP) is 4.39. The molecule has 0 spiro atoms. The Labute approximate surface area is 162 Å². The van der Waals surface area contributed by atoms with E-state index in [0.29, 0.717) is 6.61 Å². The van der Waals surface area contributed by atoms with Crippen LogP contribution in [0.5, 0.6) is 5.75 Å². The standard InChI is InChI=1S/C21H27NO2SSi/c1-26(2,3)12-7-20-16-25-17-21(20)24-15-19-6-4-5-18(13-19)14-22-8-10-23-11-9-22/h4-6,13,16-17H,8-11,14-15H2,1-3H3. The van der Waals surface area contributed by atoms with Gasteiger partial charge in [0, 0.05) is 30.4 Å². The van der Waals surface area contributed by atoms with Crippen LogP contribution in [-0.4, -0.2) is 39.3 Å². The first-order chi connectivity index (χ1) is 12.5. The van der Waals surface area contributed by atoms with Crippen molar-refractivity contribution in [3.8, 4) is 17.2 Å². The molecule has 0 N–H and O–H groups in total. The number of rotatable bonds is 5. The Morgan fingerprint density at radius 1 is 1.15 bits per heavy atom. The van der Waals surface area contributed by atoms with Gasteiger partial charge >= 0.3 is 0 Å². The van der Waals surface area contributed by atoms with Crippen LogP contribution >= 0.6 is 11.3 Å². The minimum absolute atomic E-state index is 0.579. The fourth-order valence-electron chi connectivity index (χ4n) is 2.74. The second kappa shape index (κ2) is 8.87. The summed E-state index contributed by atoms with van der Waals surface area (Å²) < 4.78 is 11.5. The highest BCUT2D eigenvalue weighted by molar-refractivity contribution is 7.08. The number of hydrogen-bond acceptors (Lipinski definition) is 4. The molecule has 138 valence electrons. The molecule has 0 amide bonds. The molecule has 0 radical (unpaired) electrons. The molecular weight excluding hydrogens is 358 g/mol. The van der Waals surface area contributed by atoms with Crippen molar-refractivity contribution in [1.29, 1.82) is 0 Å². The summed E-state index contributed by atoms with van der Waals surface area (Å²) in [6, 6.07) is 8.68. The maximum absolute atomic E-state index is 6.06. The van der Waals surface area contributed by atoms with Gasteiger partial charge in [-0.15, -0.1) is 16.9 Å². The van der Waals surface area contributed by atoms with Crippen molar-refractivity contribution in [2.45, 2.75) is 32.8 Å². The van der Waals surface area contributed by atoms with E-state index in [9.17, 15) is 0 Å². The van der Waals surface area contributed by atoms with E-state index in [4.69, 9.17) is 9.47 Å². The summed E-state index contributed by atoms with van der Waals surface area (Å²) in [5.41, 5.74) is 6.96. The summed E-state index contributed by atoms with van der Waals surface area (Å²) in [7, 11) is -1.38. The molecule has 26 heavy (non-hydrogen) atoms. The predicted molar refractivity (Wildman–Crippen MR) is 111 cm³/mol. The Morgan fingerprint density at radius 2 is 1.92 bits per heavy atom. The second-order valence-electron chi connectivity index (χ2n) is 7.65. The van der Waals surface area contributed by atoms with Crippen molar-refractivity contribution in [2.24, 2.45) is 0 Å². The van der Waals surface area contributed by atoms with Gasteiger partial charge in [-0.05, 0) is 11.1 Å². The first kappa shape index (κ1) is 19.2.